The highest BCUT2D eigenvalue weighted by molar-refractivity contribution is 5.92. The minimum absolute atomic E-state index is 0.127. The molecule has 0 radical (unpaired) electrons. The van der Waals surface area contributed by atoms with Gasteiger partial charge in [-0.25, -0.2) is 4.68 Å². The third-order valence-electron chi connectivity index (χ3n) is 4.75. The smallest absolute Gasteiger partial charge is 0.272 e. The van der Waals surface area contributed by atoms with Gasteiger partial charge in [-0.15, -0.1) is 0 Å². The van der Waals surface area contributed by atoms with Crippen molar-refractivity contribution in [2.24, 2.45) is 0 Å². The predicted octanol–water partition coefficient (Wildman–Crippen LogP) is 1.46. The lowest BCUT2D eigenvalue weighted by Gasteiger charge is -2.25. The molecule has 7 nitrogen and oxygen atoms in total. The molecule has 0 spiro atoms. The van der Waals surface area contributed by atoms with Gasteiger partial charge in [-0.2, -0.15) is 5.10 Å². The first-order chi connectivity index (χ1) is 13.2. The molecular formula is C20H26N4O3. The van der Waals surface area contributed by atoms with Gasteiger partial charge in [0.25, 0.3) is 11.5 Å². The van der Waals surface area contributed by atoms with Crippen molar-refractivity contribution in [3.63, 3.8) is 0 Å². The Morgan fingerprint density at radius 3 is 2.63 bits per heavy atom. The van der Waals surface area contributed by atoms with Crippen molar-refractivity contribution in [2.45, 2.75) is 25.4 Å². The molecule has 144 valence electrons. The van der Waals surface area contributed by atoms with E-state index in [4.69, 9.17) is 4.74 Å². The highest BCUT2D eigenvalue weighted by Crippen LogP contribution is 2.18. The average molecular weight is 370 g/mol. The van der Waals surface area contributed by atoms with E-state index in [2.05, 4.69) is 15.3 Å². The molecular weight excluding hydrogens is 344 g/mol. The second-order valence-corrected chi connectivity index (χ2v) is 6.72. The molecule has 1 amide bonds. The van der Waals surface area contributed by atoms with Crippen molar-refractivity contribution >= 4 is 5.91 Å². The summed E-state index contributed by atoms with van der Waals surface area (Å²) in [6.45, 7) is 3.55. The summed E-state index contributed by atoms with van der Waals surface area (Å²) < 4.78 is 6.25. The van der Waals surface area contributed by atoms with Gasteiger partial charge in [0, 0.05) is 19.7 Å². The number of ether oxygens (including phenoxy) is 1. The number of methoxy groups -OCH3 is 1. The number of nitrogens with zero attached hydrogens (tertiary/aromatic N) is 3. The summed E-state index contributed by atoms with van der Waals surface area (Å²) in [5, 5.41) is 7.28. The Morgan fingerprint density at radius 1 is 1.19 bits per heavy atom. The van der Waals surface area contributed by atoms with E-state index in [0.29, 0.717) is 13.2 Å². The second-order valence-electron chi connectivity index (χ2n) is 6.72. The topological polar surface area (TPSA) is 76.5 Å². The van der Waals surface area contributed by atoms with Crippen LogP contribution in [0.2, 0.25) is 0 Å². The molecule has 1 aromatic carbocycles. The SMILES string of the molecule is COCCn1nc(C(=O)NC(CN2CCCC2)c2ccccc2)ccc1=O. The Bertz CT molecular complexity index is 800. The number of carbonyl (C=O) groups is 1. The Kier molecular flexibility index (Phi) is 6.73. The highest BCUT2D eigenvalue weighted by atomic mass is 16.5. The number of aromatic nitrogens is 2. The van der Waals surface area contributed by atoms with Crippen LogP contribution in [-0.4, -0.2) is 53.9 Å². The third kappa shape index (κ3) is 5.24. The van der Waals surface area contributed by atoms with E-state index in [1.165, 1.54) is 29.7 Å². The Balaban J connectivity index is 1.76. The molecule has 1 fully saturated rings. The maximum atomic E-state index is 12.8. The highest BCUT2D eigenvalue weighted by Gasteiger charge is 2.22. The number of carbonyl (C=O) groups excluding carboxylic acids is 1. The van der Waals surface area contributed by atoms with E-state index in [9.17, 15) is 9.59 Å². The van der Waals surface area contributed by atoms with Crippen LogP contribution in [0.4, 0.5) is 0 Å². The zero-order valence-corrected chi connectivity index (χ0v) is 15.6. The van der Waals surface area contributed by atoms with Gasteiger partial charge in [0.2, 0.25) is 0 Å². The van der Waals surface area contributed by atoms with Crippen molar-refractivity contribution < 1.29 is 9.53 Å². The van der Waals surface area contributed by atoms with E-state index >= 15 is 0 Å². The first-order valence-corrected chi connectivity index (χ1v) is 9.32. The summed E-state index contributed by atoms with van der Waals surface area (Å²) in [4.78, 5) is 27.0. The van der Waals surface area contributed by atoms with Gasteiger partial charge < -0.3 is 15.0 Å². The van der Waals surface area contributed by atoms with Crippen LogP contribution in [0.1, 0.15) is 34.9 Å². The van der Waals surface area contributed by atoms with Gasteiger partial charge >= 0.3 is 0 Å². The zero-order valence-electron chi connectivity index (χ0n) is 15.6. The number of hydrogen-bond acceptors (Lipinski definition) is 5. The molecule has 2 aromatic rings. The first kappa shape index (κ1) is 19.3. The van der Waals surface area contributed by atoms with E-state index in [0.717, 1.165) is 25.2 Å². The van der Waals surface area contributed by atoms with Crippen molar-refractivity contribution in [2.75, 3.05) is 33.4 Å². The van der Waals surface area contributed by atoms with Crippen LogP contribution >= 0.6 is 0 Å². The fraction of sp³-hybridized carbons (Fsp3) is 0.450. The summed E-state index contributed by atoms with van der Waals surface area (Å²) in [6, 6.07) is 12.7. The normalized spacial score (nSPS) is 15.6. The molecule has 1 N–H and O–H groups in total. The maximum Gasteiger partial charge on any atom is 0.272 e. The van der Waals surface area contributed by atoms with Crippen molar-refractivity contribution in [3.05, 3.63) is 64.1 Å². The van der Waals surface area contributed by atoms with Crippen molar-refractivity contribution in [3.8, 4) is 0 Å². The van der Waals surface area contributed by atoms with Gasteiger partial charge in [-0.3, -0.25) is 9.59 Å². The lowest BCUT2D eigenvalue weighted by atomic mass is 10.1. The minimum atomic E-state index is -0.283. The minimum Gasteiger partial charge on any atom is -0.383 e. The van der Waals surface area contributed by atoms with Gasteiger partial charge in [0.15, 0.2) is 0 Å². The lowest BCUT2D eigenvalue weighted by molar-refractivity contribution is 0.0918. The van der Waals surface area contributed by atoms with Crippen molar-refractivity contribution in [1.29, 1.82) is 0 Å². The Hall–Kier alpha value is -2.51. The molecule has 27 heavy (non-hydrogen) atoms. The van der Waals surface area contributed by atoms with E-state index in [1.54, 1.807) is 7.11 Å². The summed E-state index contributed by atoms with van der Waals surface area (Å²) in [7, 11) is 1.56. The van der Waals surface area contributed by atoms with Gasteiger partial charge in [-0.05, 0) is 37.6 Å². The molecule has 1 aliphatic rings. The second kappa shape index (κ2) is 9.43. The Morgan fingerprint density at radius 2 is 1.93 bits per heavy atom. The van der Waals surface area contributed by atoms with E-state index in [-0.39, 0.29) is 23.2 Å². The monoisotopic (exact) mass is 370 g/mol. The molecule has 1 atom stereocenters. The number of likely N-dealkylation sites (tertiary alicyclic amines) is 1. The largest absolute Gasteiger partial charge is 0.383 e. The Labute approximate surface area is 158 Å². The summed E-state index contributed by atoms with van der Waals surface area (Å²) in [5.41, 5.74) is 1.04. The van der Waals surface area contributed by atoms with Crippen LogP contribution in [0.15, 0.2) is 47.3 Å². The van der Waals surface area contributed by atoms with Crippen molar-refractivity contribution in [1.82, 2.24) is 20.0 Å². The summed E-state index contributed by atoms with van der Waals surface area (Å²) in [5.74, 6) is -0.283. The quantitative estimate of drug-likeness (QED) is 0.761. The number of benzene rings is 1. The van der Waals surface area contributed by atoms with Gasteiger partial charge in [0.1, 0.15) is 5.69 Å². The number of hydrogen-bond donors (Lipinski definition) is 1. The van der Waals surface area contributed by atoms with Crippen LogP contribution in [0.25, 0.3) is 0 Å². The molecule has 2 heterocycles. The zero-order chi connectivity index (χ0) is 19.1. The van der Waals surface area contributed by atoms with Gasteiger partial charge in [0.05, 0.1) is 19.2 Å². The fourth-order valence-corrected chi connectivity index (χ4v) is 3.28. The molecule has 7 heteroatoms. The molecule has 1 aliphatic heterocycles. The summed E-state index contributed by atoms with van der Waals surface area (Å²) >= 11 is 0. The molecule has 0 aliphatic carbocycles. The molecule has 0 bridgehead atoms. The molecule has 1 saturated heterocycles. The van der Waals surface area contributed by atoms with Crippen LogP contribution in [0.3, 0.4) is 0 Å². The third-order valence-corrected chi connectivity index (χ3v) is 4.75. The molecule has 1 aromatic heterocycles. The van der Waals surface area contributed by atoms with Crippen LogP contribution in [0, 0.1) is 0 Å². The summed E-state index contributed by atoms with van der Waals surface area (Å²) in [6.07, 6.45) is 2.39. The number of amides is 1. The molecule has 3 rings (SSSR count). The number of nitrogens with one attached hydrogen (secondary N) is 1. The van der Waals surface area contributed by atoms with Crippen LogP contribution in [0.5, 0.6) is 0 Å². The fourth-order valence-electron chi connectivity index (χ4n) is 3.28. The standard InChI is InChI=1S/C20H26N4O3/c1-27-14-13-24-19(25)10-9-17(22-24)20(26)21-18(15-23-11-5-6-12-23)16-7-3-2-4-8-16/h2-4,7-10,18H,5-6,11-15H2,1H3,(H,21,26). The van der Waals surface area contributed by atoms with E-state index in [1.807, 2.05) is 30.3 Å². The average Bonchev–Trinajstić information content (AvgIpc) is 3.20. The predicted molar refractivity (Wildman–Crippen MR) is 103 cm³/mol. The lowest BCUT2D eigenvalue weighted by Crippen LogP contribution is -2.38. The van der Waals surface area contributed by atoms with E-state index < -0.39 is 0 Å². The number of rotatable bonds is 8. The molecule has 0 saturated carbocycles. The molecule has 1 unspecified atom stereocenters. The maximum absolute atomic E-state index is 12.8. The van der Waals surface area contributed by atoms with Crippen LogP contribution in [-0.2, 0) is 11.3 Å². The first-order valence-electron chi connectivity index (χ1n) is 9.32. The van der Waals surface area contributed by atoms with Crippen LogP contribution < -0.4 is 10.9 Å². The van der Waals surface area contributed by atoms with Gasteiger partial charge in [-0.1, -0.05) is 30.3 Å².